The third kappa shape index (κ3) is 3.16. The molecule has 0 aliphatic carbocycles. The number of hydrogen-bond acceptors (Lipinski definition) is 5. The standard InChI is InChI=1S/C10H18O5S/c1-16(11,12)15-9-2-5-14-10(8-9)3-6-13-7-4-10/h9H,2-8H2,1H3. The molecule has 0 bridgehead atoms. The Bertz CT molecular complexity index is 326. The van der Waals surface area contributed by atoms with Gasteiger partial charge in [-0.2, -0.15) is 8.42 Å². The summed E-state index contributed by atoms with van der Waals surface area (Å²) in [7, 11) is -3.37. The van der Waals surface area contributed by atoms with Gasteiger partial charge in [0.1, 0.15) is 0 Å². The van der Waals surface area contributed by atoms with E-state index in [9.17, 15) is 8.42 Å². The molecule has 6 heteroatoms. The highest BCUT2D eigenvalue weighted by atomic mass is 32.2. The molecule has 2 fully saturated rings. The van der Waals surface area contributed by atoms with E-state index in [2.05, 4.69) is 0 Å². The zero-order valence-corrected chi connectivity index (χ0v) is 10.3. The van der Waals surface area contributed by atoms with Crippen molar-refractivity contribution < 1.29 is 22.1 Å². The maximum atomic E-state index is 11.1. The summed E-state index contributed by atoms with van der Waals surface area (Å²) in [5.74, 6) is 0. The summed E-state index contributed by atoms with van der Waals surface area (Å²) in [4.78, 5) is 0. The topological polar surface area (TPSA) is 61.8 Å². The molecule has 1 unspecified atom stereocenters. The van der Waals surface area contributed by atoms with E-state index in [0.29, 0.717) is 32.7 Å². The first-order chi connectivity index (χ1) is 7.49. The maximum Gasteiger partial charge on any atom is 0.264 e. The van der Waals surface area contributed by atoms with Crippen LogP contribution in [0.3, 0.4) is 0 Å². The summed E-state index contributed by atoms with van der Waals surface area (Å²) in [6, 6.07) is 0. The molecule has 2 aliphatic heterocycles. The van der Waals surface area contributed by atoms with Crippen LogP contribution in [0.4, 0.5) is 0 Å². The Hall–Kier alpha value is -0.170. The average Bonchev–Trinajstić information content (AvgIpc) is 2.16. The van der Waals surface area contributed by atoms with Gasteiger partial charge in [0, 0.05) is 26.2 Å². The smallest absolute Gasteiger partial charge is 0.264 e. The summed E-state index contributed by atoms with van der Waals surface area (Å²) in [6.45, 7) is 1.94. The minimum Gasteiger partial charge on any atom is -0.381 e. The molecule has 0 amide bonds. The van der Waals surface area contributed by atoms with Crippen LogP contribution in [0, 0.1) is 0 Å². The van der Waals surface area contributed by atoms with Gasteiger partial charge in [-0.05, 0) is 19.3 Å². The van der Waals surface area contributed by atoms with Gasteiger partial charge < -0.3 is 9.47 Å². The first-order valence-electron chi connectivity index (χ1n) is 5.59. The van der Waals surface area contributed by atoms with E-state index in [-0.39, 0.29) is 11.7 Å². The lowest BCUT2D eigenvalue weighted by molar-refractivity contribution is -0.154. The highest BCUT2D eigenvalue weighted by Crippen LogP contribution is 2.35. The van der Waals surface area contributed by atoms with Gasteiger partial charge >= 0.3 is 0 Å². The predicted molar refractivity (Wildman–Crippen MR) is 57.7 cm³/mol. The molecule has 0 aromatic rings. The quantitative estimate of drug-likeness (QED) is 0.675. The number of hydrogen-bond donors (Lipinski definition) is 0. The second-order valence-corrected chi connectivity index (χ2v) is 6.16. The summed E-state index contributed by atoms with van der Waals surface area (Å²) >= 11 is 0. The fourth-order valence-corrected chi connectivity index (χ4v) is 3.06. The Labute approximate surface area is 96.2 Å². The molecule has 5 nitrogen and oxygen atoms in total. The van der Waals surface area contributed by atoms with Crippen molar-refractivity contribution in [2.75, 3.05) is 26.1 Å². The monoisotopic (exact) mass is 250 g/mol. The fraction of sp³-hybridized carbons (Fsp3) is 1.00. The van der Waals surface area contributed by atoms with Crippen molar-refractivity contribution in [3.05, 3.63) is 0 Å². The Morgan fingerprint density at radius 2 is 1.94 bits per heavy atom. The molecule has 2 aliphatic rings. The first-order valence-corrected chi connectivity index (χ1v) is 7.41. The van der Waals surface area contributed by atoms with E-state index in [1.165, 1.54) is 0 Å². The molecule has 1 spiro atoms. The lowest BCUT2D eigenvalue weighted by atomic mass is 9.85. The van der Waals surface area contributed by atoms with Gasteiger partial charge in [0.15, 0.2) is 0 Å². The average molecular weight is 250 g/mol. The minimum atomic E-state index is -3.37. The van der Waals surface area contributed by atoms with Gasteiger partial charge in [-0.1, -0.05) is 0 Å². The molecule has 0 N–H and O–H groups in total. The number of rotatable bonds is 2. The maximum absolute atomic E-state index is 11.1. The van der Waals surface area contributed by atoms with E-state index in [1.54, 1.807) is 0 Å². The summed E-state index contributed by atoms with van der Waals surface area (Å²) in [5.41, 5.74) is -0.216. The van der Waals surface area contributed by atoms with Crippen LogP contribution in [0.2, 0.25) is 0 Å². The Morgan fingerprint density at radius 1 is 1.25 bits per heavy atom. The molecular weight excluding hydrogens is 232 g/mol. The van der Waals surface area contributed by atoms with Crippen molar-refractivity contribution in [3.8, 4) is 0 Å². The fourth-order valence-electron chi connectivity index (χ4n) is 2.40. The van der Waals surface area contributed by atoms with Crippen LogP contribution in [-0.4, -0.2) is 46.2 Å². The second-order valence-electron chi connectivity index (χ2n) is 4.56. The third-order valence-corrected chi connectivity index (χ3v) is 3.78. The van der Waals surface area contributed by atoms with Gasteiger partial charge in [0.05, 0.1) is 18.0 Å². The highest BCUT2D eigenvalue weighted by molar-refractivity contribution is 7.86. The summed E-state index contributed by atoms with van der Waals surface area (Å²) in [5, 5.41) is 0. The van der Waals surface area contributed by atoms with Crippen molar-refractivity contribution in [2.45, 2.75) is 37.4 Å². The molecule has 0 aromatic heterocycles. The van der Waals surface area contributed by atoms with Gasteiger partial charge in [0.2, 0.25) is 0 Å². The van der Waals surface area contributed by atoms with Crippen molar-refractivity contribution in [2.24, 2.45) is 0 Å². The van der Waals surface area contributed by atoms with Gasteiger partial charge in [-0.15, -0.1) is 0 Å². The van der Waals surface area contributed by atoms with Crippen LogP contribution in [0.15, 0.2) is 0 Å². The van der Waals surface area contributed by atoms with Crippen molar-refractivity contribution >= 4 is 10.1 Å². The lowest BCUT2D eigenvalue weighted by Gasteiger charge is -2.42. The van der Waals surface area contributed by atoms with Crippen LogP contribution < -0.4 is 0 Å². The summed E-state index contributed by atoms with van der Waals surface area (Å²) in [6.07, 6.45) is 3.83. The minimum absolute atomic E-state index is 0.216. The second kappa shape index (κ2) is 4.60. The summed E-state index contributed by atoms with van der Waals surface area (Å²) < 4.78 is 38.3. The normalized spacial score (nSPS) is 30.4. The van der Waals surface area contributed by atoms with Gasteiger partial charge in [0.25, 0.3) is 10.1 Å². The van der Waals surface area contributed by atoms with Crippen LogP contribution in [0.5, 0.6) is 0 Å². The molecule has 0 radical (unpaired) electrons. The largest absolute Gasteiger partial charge is 0.381 e. The molecule has 2 rings (SSSR count). The molecular formula is C10H18O5S. The van der Waals surface area contributed by atoms with Crippen LogP contribution in [0.1, 0.15) is 25.7 Å². The molecule has 1 atom stereocenters. The van der Waals surface area contributed by atoms with Crippen molar-refractivity contribution in [3.63, 3.8) is 0 Å². The van der Waals surface area contributed by atoms with Crippen LogP contribution in [0.25, 0.3) is 0 Å². The Kier molecular flexibility index (Phi) is 3.53. The molecule has 0 aromatic carbocycles. The van der Waals surface area contributed by atoms with Gasteiger partial charge in [-0.25, -0.2) is 0 Å². The molecule has 0 saturated carbocycles. The molecule has 2 saturated heterocycles. The van der Waals surface area contributed by atoms with E-state index in [0.717, 1.165) is 19.1 Å². The lowest BCUT2D eigenvalue weighted by Crippen LogP contribution is -2.46. The zero-order valence-electron chi connectivity index (χ0n) is 9.48. The SMILES string of the molecule is CS(=O)(=O)OC1CCOC2(CCOCC2)C1. The predicted octanol–water partition coefficient (Wildman–Crippen LogP) is 0.691. The molecule has 2 heterocycles. The Balaban J connectivity index is 1.98. The molecule has 16 heavy (non-hydrogen) atoms. The van der Waals surface area contributed by atoms with Crippen LogP contribution in [-0.2, 0) is 23.8 Å². The van der Waals surface area contributed by atoms with Crippen LogP contribution >= 0.6 is 0 Å². The van der Waals surface area contributed by atoms with E-state index in [4.69, 9.17) is 13.7 Å². The Morgan fingerprint density at radius 3 is 2.56 bits per heavy atom. The van der Waals surface area contributed by atoms with Crippen molar-refractivity contribution in [1.82, 2.24) is 0 Å². The van der Waals surface area contributed by atoms with E-state index >= 15 is 0 Å². The van der Waals surface area contributed by atoms with Crippen molar-refractivity contribution in [1.29, 1.82) is 0 Å². The van der Waals surface area contributed by atoms with Gasteiger partial charge in [-0.3, -0.25) is 4.18 Å². The third-order valence-electron chi connectivity index (χ3n) is 3.16. The van der Waals surface area contributed by atoms with E-state index < -0.39 is 10.1 Å². The molecule has 94 valence electrons. The zero-order chi connectivity index (χ0) is 11.6. The van der Waals surface area contributed by atoms with E-state index in [1.807, 2.05) is 0 Å². The highest BCUT2D eigenvalue weighted by Gasteiger charge is 2.40. The first kappa shape index (κ1) is 12.3. The number of ether oxygens (including phenoxy) is 2.